The predicted octanol–water partition coefficient (Wildman–Crippen LogP) is -11.3. The molecular weight excluding hydrogens is 983 g/mol. The van der Waals surface area contributed by atoms with Gasteiger partial charge in [-0.05, 0) is 51.9 Å². The number of aliphatic hydroxyl groups excluding tert-OH is 3. The van der Waals surface area contributed by atoms with E-state index in [4.69, 9.17) is 28.7 Å². The normalized spacial score (nSPS) is 17.7. The summed E-state index contributed by atoms with van der Waals surface area (Å²) in [5.41, 5.74) is 27.0. The number of carbonyl (C=O) groups excluding carboxylic acids is 11. The number of likely N-dealkylation sites (tertiary alicyclic amines) is 1. The van der Waals surface area contributed by atoms with Gasteiger partial charge in [0, 0.05) is 13.0 Å². The van der Waals surface area contributed by atoms with Gasteiger partial charge in [-0.25, -0.2) is 4.57 Å². The van der Waals surface area contributed by atoms with Crippen molar-refractivity contribution in [1.29, 1.82) is 0 Å². The van der Waals surface area contributed by atoms with Crippen molar-refractivity contribution in [3.8, 4) is 0 Å². The standard InChI is InChI=1S/C39H69N14O18P/c1-17(2)23(14-54)48-33(62)22(13-28(42)59)47-36(65)26-8-6-12-53(26)38(67)30(19(4)57)52-35(64)25(16-71-72(68,69)70)50-37(66)29(18(3)56)51-34(63)24(15-55)49-32(61)21(7-5-11-45-39(43)44)46-31(60)20(40)9-10-27(41)58/h14,17-26,29-30,55-57H,5-13,15-16,40H2,1-4H3,(H2,41,58)(H2,42,59)(H,46,60)(H,47,65)(H,48,62)(H,49,61)(H,50,66)(H,51,63)(H,52,64)(H4,43,44,45)(H2,68,69,70)/p+1/t18-,19-,20+,21+,22+,23-,24+,25+,26+,29+,30+/m1/s1. The molecule has 33 heteroatoms. The molecule has 1 fully saturated rings. The number of guanidine groups is 1. The van der Waals surface area contributed by atoms with Crippen molar-refractivity contribution < 1.29 is 91.9 Å². The van der Waals surface area contributed by atoms with Crippen LogP contribution >= 0.6 is 7.82 Å². The van der Waals surface area contributed by atoms with E-state index >= 15 is 0 Å². The van der Waals surface area contributed by atoms with Crippen molar-refractivity contribution in [3.05, 3.63) is 0 Å². The first-order valence-electron chi connectivity index (χ1n) is 22.4. The largest absolute Gasteiger partial charge is 0.469 e. The van der Waals surface area contributed by atoms with Crippen LogP contribution in [0, 0.1) is 5.92 Å². The van der Waals surface area contributed by atoms with E-state index in [2.05, 4.69) is 41.4 Å². The molecule has 1 aliphatic rings. The fourth-order valence-corrected chi connectivity index (χ4v) is 7.03. The van der Waals surface area contributed by atoms with Gasteiger partial charge in [0.25, 0.3) is 0 Å². The zero-order valence-corrected chi connectivity index (χ0v) is 41.0. The lowest BCUT2D eigenvalue weighted by Gasteiger charge is -2.32. The average molecular weight is 1050 g/mol. The highest BCUT2D eigenvalue weighted by atomic mass is 31.2. The van der Waals surface area contributed by atoms with Gasteiger partial charge in [0.1, 0.15) is 48.6 Å². The molecule has 32 nitrogen and oxygen atoms in total. The second kappa shape index (κ2) is 30.5. The maximum absolute atomic E-state index is 14.0. The van der Waals surface area contributed by atoms with E-state index in [0.29, 0.717) is 6.29 Å². The molecule has 0 unspecified atom stereocenters. The van der Waals surface area contributed by atoms with Gasteiger partial charge in [0.05, 0.1) is 50.5 Å². The monoisotopic (exact) mass is 1050 g/mol. The highest BCUT2D eigenvalue weighted by Crippen LogP contribution is 2.35. The SMILES string of the molecule is CC(C)[C@@H](C=O)NC(=O)[C@H](CC(N)=O)NC(=O)[C@@H]1CCCN1C(=O)[C@@H](NC(=O)[C@H](COP(=O)(O)O)NC(=O)[C@@H](NC(=O)[C@H](CO)NC(=O)[C@H](CCC[NH+]=C(N)N)NC(=O)[C@@H](N)CCC(N)=O)[C@@H](C)O)[C@@H](C)O. The number of nitrogens with one attached hydrogen (secondary N) is 8. The van der Waals surface area contributed by atoms with Crippen LogP contribution in [-0.2, 0) is 61.8 Å². The molecule has 10 amide bonds. The maximum Gasteiger partial charge on any atom is 0.469 e. The molecule has 1 saturated heterocycles. The molecule has 11 atom stereocenters. The van der Waals surface area contributed by atoms with Gasteiger partial charge >= 0.3 is 13.8 Å². The first-order chi connectivity index (χ1) is 33.4. The lowest BCUT2D eigenvalue weighted by atomic mass is 10.0. The van der Waals surface area contributed by atoms with Crippen molar-refractivity contribution in [3.63, 3.8) is 0 Å². The lowest BCUT2D eigenvalue weighted by Crippen LogP contribution is -2.78. The Labute approximate surface area is 412 Å². The highest BCUT2D eigenvalue weighted by molar-refractivity contribution is 7.46. The molecule has 0 bridgehead atoms. The Kier molecular flexibility index (Phi) is 26.9. The molecule has 0 radical (unpaired) electrons. The number of carbonyl (C=O) groups is 11. The molecule has 1 heterocycles. The summed E-state index contributed by atoms with van der Waals surface area (Å²) < 4.78 is 16.2. The van der Waals surface area contributed by atoms with Crippen molar-refractivity contribution >= 4 is 79.1 Å². The minimum atomic E-state index is -5.42. The Hall–Kier alpha value is -6.41. The Morgan fingerprint density at radius 1 is 0.722 bits per heavy atom. The molecule has 0 spiro atoms. The summed E-state index contributed by atoms with van der Waals surface area (Å²) in [6, 6.07) is -14.9. The van der Waals surface area contributed by atoms with Crippen molar-refractivity contribution in [2.45, 2.75) is 139 Å². The Morgan fingerprint density at radius 2 is 1.26 bits per heavy atom. The van der Waals surface area contributed by atoms with Gasteiger partial charge in [-0.3, -0.25) is 68.9 Å². The van der Waals surface area contributed by atoms with Crippen LogP contribution in [0.15, 0.2) is 0 Å². The predicted molar refractivity (Wildman–Crippen MR) is 246 cm³/mol. The number of nitrogens with zero attached hydrogens (tertiary/aromatic N) is 1. The van der Waals surface area contributed by atoms with E-state index in [9.17, 15) is 82.4 Å². The molecule has 0 aromatic rings. The van der Waals surface area contributed by atoms with Gasteiger partial charge in [0.2, 0.25) is 59.1 Å². The number of rotatable bonds is 32. The number of phosphoric ester groups is 1. The summed E-state index contributed by atoms with van der Waals surface area (Å²) >= 11 is 0. The Morgan fingerprint density at radius 3 is 1.78 bits per heavy atom. The minimum Gasteiger partial charge on any atom is -0.394 e. The highest BCUT2D eigenvalue weighted by Gasteiger charge is 2.42. The number of amides is 10. The number of hydrogen-bond donors (Lipinski definition) is 18. The van der Waals surface area contributed by atoms with Crippen LogP contribution in [0.2, 0.25) is 0 Å². The Balaban J connectivity index is 3.37. The third-order valence-corrected chi connectivity index (χ3v) is 11.2. The number of aliphatic hydroxyl groups is 3. The van der Waals surface area contributed by atoms with Gasteiger partial charge < -0.3 is 89.2 Å². The number of aldehydes is 1. The lowest BCUT2D eigenvalue weighted by molar-refractivity contribution is -0.459. The molecule has 0 aromatic carbocycles. The van der Waals surface area contributed by atoms with Crippen LogP contribution in [0.1, 0.15) is 72.6 Å². The van der Waals surface area contributed by atoms with Crippen LogP contribution in [0.4, 0.5) is 0 Å². The summed E-state index contributed by atoms with van der Waals surface area (Å²) in [6.07, 6.45) is -4.22. The van der Waals surface area contributed by atoms with Crippen LogP contribution in [0.3, 0.4) is 0 Å². The van der Waals surface area contributed by atoms with Crippen LogP contribution in [0.5, 0.6) is 0 Å². The first kappa shape index (κ1) is 63.6. The topological polar surface area (TPSA) is 547 Å². The number of hydrogen-bond acceptors (Lipinski definition) is 17. The van der Waals surface area contributed by atoms with Crippen LogP contribution in [-0.4, -0.2) is 194 Å². The minimum absolute atomic E-state index is 0.0264. The Bertz CT molecular complexity index is 2020. The fourth-order valence-electron chi connectivity index (χ4n) is 6.68. The fraction of sp³-hybridized carbons (Fsp3) is 0.692. The van der Waals surface area contributed by atoms with Gasteiger partial charge in [-0.2, -0.15) is 0 Å². The van der Waals surface area contributed by atoms with Crippen LogP contribution in [0.25, 0.3) is 0 Å². The molecule has 0 aromatic heterocycles. The maximum atomic E-state index is 14.0. The van der Waals surface area contributed by atoms with E-state index in [1.54, 1.807) is 13.8 Å². The summed E-state index contributed by atoms with van der Waals surface area (Å²) in [5.74, 6) is -11.5. The average Bonchev–Trinajstić information content (AvgIpc) is 3.78. The second-order valence-corrected chi connectivity index (χ2v) is 18.3. The van der Waals surface area contributed by atoms with Crippen molar-refractivity contribution in [2.24, 2.45) is 34.6 Å². The summed E-state index contributed by atoms with van der Waals surface area (Å²) in [5, 5.41) is 46.8. The molecule has 0 aliphatic carbocycles. The molecule has 408 valence electrons. The van der Waals surface area contributed by atoms with Gasteiger partial charge in [-0.15, -0.1) is 0 Å². The van der Waals surface area contributed by atoms with Crippen molar-refractivity contribution in [1.82, 2.24) is 42.1 Å². The smallest absolute Gasteiger partial charge is 0.394 e. The summed E-state index contributed by atoms with van der Waals surface area (Å²) in [4.78, 5) is 164. The number of primary amides is 2. The van der Waals surface area contributed by atoms with E-state index in [-0.39, 0.29) is 63.5 Å². The quantitative estimate of drug-likeness (QED) is 0.00978. The molecule has 1 rings (SSSR count). The molecule has 72 heavy (non-hydrogen) atoms. The van der Waals surface area contributed by atoms with E-state index in [1.165, 1.54) is 0 Å². The zero-order chi connectivity index (χ0) is 55.2. The molecule has 1 aliphatic heterocycles. The van der Waals surface area contributed by atoms with E-state index in [1.807, 2.05) is 5.32 Å². The molecule has 0 saturated carbocycles. The van der Waals surface area contributed by atoms with E-state index < -0.39 is 153 Å². The molecule has 23 N–H and O–H groups in total. The van der Waals surface area contributed by atoms with Gasteiger partial charge in [-0.1, -0.05) is 13.8 Å². The van der Waals surface area contributed by atoms with E-state index in [0.717, 1.165) is 18.7 Å². The van der Waals surface area contributed by atoms with Crippen LogP contribution < -0.4 is 70.9 Å². The molecular formula is C39H70N14O18P+. The second-order valence-electron chi connectivity index (χ2n) is 17.1. The van der Waals surface area contributed by atoms with Crippen molar-refractivity contribution in [2.75, 3.05) is 26.3 Å². The third-order valence-electron chi connectivity index (χ3n) is 10.7. The summed E-state index contributed by atoms with van der Waals surface area (Å²) in [6.45, 7) is 2.72. The number of nitrogens with two attached hydrogens (primary N) is 5. The number of phosphoric acid groups is 1. The third kappa shape index (κ3) is 22.3. The first-order valence-corrected chi connectivity index (χ1v) is 24.0. The zero-order valence-electron chi connectivity index (χ0n) is 40.1. The van der Waals surface area contributed by atoms with Gasteiger partial charge in [0.15, 0.2) is 0 Å². The summed E-state index contributed by atoms with van der Waals surface area (Å²) in [7, 11) is -5.42.